The molecule has 6 nitrogen and oxygen atoms in total. The first-order valence-electron chi connectivity index (χ1n) is 6.59. The maximum atomic E-state index is 9.35. The molecule has 1 aromatic carbocycles. The number of benzene rings is 1. The minimum Gasteiger partial charge on any atom is -0.508 e. The predicted molar refractivity (Wildman–Crippen MR) is 79.3 cm³/mol. The zero-order valence-corrected chi connectivity index (χ0v) is 11.5. The van der Waals surface area contributed by atoms with E-state index in [-0.39, 0.29) is 11.8 Å². The SMILES string of the molecule is CC(Nc1cccnc1-n1cncn1)c1ccc(O)cc1. The number of hydrogen-bond donors (Lipinski definition) is 2. The molecule has 3 aromatic rings. The molecule has 1 unspecified atom stereocenters. The highest BCUT2D eigenvalue weighted by Gasteiger charge is 2.10. The van der Waals surface area contributed by atoms with Crippen LogP contribution in [0.15, 0.2) is 55.2 Å². The van der Waals surface area contributed by atoms with Crippen LogP contribution in [0.25, 0.3) is 5.82 Å². The Kier molecular flexibility index (Phi) is 3.51. The quantitative estimate of drug-likeness (QED) is 0.768. The number of hydrogen-bond acceptors (Lipinski definition) is 5. The highest BCUT2D eigenvalue weighted by atomic mass is 16.3. The van der Waals surface area contributed by atoms with E-state index in [2.05, 4.69) is 20.4 Å². The third-order valence-electron chi connectivity index (χ3n) is 3.19. The average molecular weight is 281 g/mol. The van der Waals surface area contributed by atoms with Gasteiger partial charge in [0.2, 0.25) is 0 Å². The molecular formula is C15H15N5O. The van der Waals surface area contributed by atoms with E-state index in [9.17, 15) is 5.11 Å². The van der Waals surface area contributed by atoms with Gasteiger partial charge >= 0.3 is 0 Å². The number of pyridine rings is 1. The molecule has 0 radical (unpaired) electrons. The van der Waals surface area contributed by atoms with E-state index in [0.717, 1.165) is 11.3 Å². The number of rotatable bonds is 4. The van der Waals surface area contributed by atoms with Crippen LogP contribution in [0.5, 0.6) is 5.75 Å². The van der Waals surface area contributed by atoms with Crippen LogP contribution < -0.4 is 5.32 Å². The number of aromatic hydroxyl groups is 1. The minimum absolute atomic E-state index is 0.0667. The minimum atomic E-state index is 0.0667. The van der Waals surface area contributed by atoms with Crippen molar-refractivity contribution in [2.24, 2.45) is 0 Å². The molecule has 0 aliphatic heterocycles. The van der Waals surface area contributed by atoms with Crippen LogP contribution in [-0.2, 0) is 0 Å². The molecule has 2 aromatic heterocycles. The van der Waals surface area contributed by atoms with Crippen molar-refractivity contribution < 1.29 is 5.11 Å². The molecule has 0 aliphatic rings. The zero-order valence-electron chi connectivity index (χ0n) is 11.5. The number of phenols is 1. The van der Waals surface area contributed by atoms with Gasteiger partial charge in [-0.05, 0) is 36.8 Å². The molecule has 0 aliphatic carbocycles. The molecule has 0 amide bonds. The standard InChI is InChI=1S/C15H15N5O/c1-11(12-4-6-13(21)7-5-12)19-14-3-2-8-17-15(14)20-10-16-9-18-20/h2-11,19,21H,1H3. The summed E-state index contributed by atoms with van der Waals surface area (Å²) >= 11 is 0. The molecule has 0 spiro atoms. The second-order valence-electron chi connectivity index (χ2n) is 4.67. The lowest BCUT2D eigenvalue weighted by molar-refractivity contribution is 0.475. The second-order valence-corrected chi connectivity index (χ2v) is 4.67. The first-order valence-corrected chi connectivity index (χ1v) is 6.59. The molecule has 0 bridgehead atoms. The summed E-state index contributed by atoms with van der Waals surface area (Å²) in [6.45, 7) is 2.05. The molecule has 0 saturated heterocycles. The first-order chi connectivity index (χ1) is 10.2. The summed E-state index contributed by atoms with van der Waals surface area (Å²) in [6, 6.07) is 11.0. The number of nitrogens with one attached hydrogen (secondary N) is 1. The Morgan fingerprint density at radius 1 is 1.19 bits per heavy atom. The smallest absolute Gasteiger partial charge is 0.178 e. The summed E-state index contributed by atoms with van der Waals surface area (Å²) in [5.74, 6) is 0.955. The topological polar surface area (TPSA) is 75.9 Å². The summed E-state index contributed by atoms with van der Waals surface area (Å²) < 4.78 is 1.62. The fraction of sp³-hybridized carbons (Fsp3) is 0.133. The normalized spacial score (nSPS) is 12.0. The molecular weight excluding hydrogens is 266 g/mol. The third kappa shape index (κ3) is 2.84. The predicted octanol–water partition coefficient (Wildman–Crippen LogP) is 2.54. The molecule has 0 saturated carbocycles. The van der Waals surface area contributed by atoms with Crippen LogP contribution in [0.1, 0.15) is 18.5 Å². The van der Waals surface area contributed by atoms with Crippen LogP contribution in [0, 0.1) is 0 Å². The molecule has 1 atom stereocenters. The Hall–Kier alpha value is -2.89. The van der Waals surface area contributed by atoms with Crippen molar-refractivity contribution in [3.63, 3.8) is 0 Å². The van der Waals surface area contributed by atoms with Crippen molar-refractivity contribution in [2.45, 2.75) is 13.0 Å². The van der Waals surface area contributed by atoms with Crippen molar-refractivity contribution >= 4 is 5.69 Å². The van der Waals surface area contributed by atoms with E-state index in [0.29, 0.717) is 5.82 Å². The van der Waals surface area contributed by atoms with Crippen LogP contribution in [0.4, 0.5) is 5.69 Å². The highest BCUT2D eigenvalue weighted by Crippen LogP contribution is 2.24. The van der Waals surface area contributed by atoms with Crippen LogP contribution >= 0.6 is 0 Å². The van der Waals surface area contributed by atoms with E-state index < -0.39 is 0 Å². The molecule has 106 valence electrons. The van der Waals surface area contributed by atoms with Crippen molar-refractivity contribution in [3.05, 3.63) is 60.8 Å². The van der Waals surface area contributed by atoms with Gasteiger partial charge in [-0.3, -0.25) is 0 Å². The Morgan fingerprint density at radius 3 is 2.71 bits per heavy atom. The molecule has 2 N–H and O–H groups in total. The lowest BCUT2D eigenvalue weighted by atomic mass is 10.1. The van der Waals surface area contributed by atoms with Gasteiger partial charge in [0.05, 0.1) is 5.69 Å². The Bertz CT molecular complexity index is 709. The number of nitrogens with zero attached hydrogens (tertiary/aromatic N) is 4. The maximum Gasteiger partial charge on any atom is 0.178 e. The van der Waals surface area contributed by atoms with Crippen LogP contribution in [0.2, 0.25) is 0 Å². The Labute approximate surface area is 122 Å². The number of anilines is 1. The summed E-state index contributed by atoms with van der Waals surface area (Å²) in [4.78, 5) is 8.28. The van der Waals surface area contributed by atoms with E-state index in [1.165, 1.54) is 6.33 Å². The highest BCUT2D eigenvalue weighted by molar-refractivity contribution is 5.57. The summed E-state index contributed by atoms with van der Waals surface area (Å²) in [6.07, 6.45) is 4.80. The van der Waals surface area contributed by atoms with Gasteiger partial charge in [-0.25, -0.2) is 14.6 Å². The van der Waals surface area contributed by atoms with Gasteiger partial charge in [0, 0.05) is 12.2 Å². The lowest BCUT2D eigenvalue weighted by Gasteiger charge is -2.17. The maximum absolute atomic E-state index is 9.35. The molecule has 21 heavy (non-hydrogen) atoms. The monoisotopic (exact) mass is 281 g/mol. The molecule has 6 heteroatoms. The van der Waals surface area contributed by atoms with Crippen LogP contribution in [0.3, 0.4) is 0 Å². The van der Waals surface area contributed by atoms with Gasteiger partial charge in [0.1, 0.15) is 18.4 Å². The van der Waals surface area contributed by atoms with Crippen LogP contribution in [-0.4, -0.2) is 24.9 Å². The van der Waals surface area contributed by atoms with Gasteiger partial charge in [0.15, 0.2) is 5.82 Å². The van der Waals surface area contributed by atoms with Gasteiger partial charge in [-0.2, -0.15) is 5.10 Å². The van der Waals surface area contributed by atoms with Crippen molar-refractivity contribution in [2.75, 3.05) is 5.32 Å². The summed E-state index contributed by atoms with van der Waals surface area (Å²) in [5.41, 5.74) is 1.93. The number of phenolic OH excluding ortho intramolecular Hbond substituents is 1. The van der Waals surface area contributed by atoms with Gasteiger partial charge in [-0.1, -0.05) is 12.1 Å². The lowest BCUT2D eigenvalue weighted by Crippen LogP contribution is -2.10. The molecule has 0 fully saturated rings. The summed E-state index contributed by atoms with van der Waals surface area (Å²) in [7, 11) is 0. The van der Waals surface area contributed by atoms with E-state index in [1.807, 2.05) is 31.2 Å². The van der Waals surface area contributed by atoms with Gasteiger partial charge < -0.3 is 10.4 Å². The second kappa shape index (κ2) is 5.62. The van der Waals surface area contributed by atoms with E-state index in [1.54, 1.807) is 29.3 Å². The first kappa shape index (κ1) is 13.1. The van der Waals surface area contributed by atoms with E-state index >= 15 is 0 Å². The van der Waals surface area contributed by atoms with Gasteiger partial charge in [-0.15, -0.1) is 0 Å². The average Bonchev–Trinajstić information content (AvgIpc) is 3.02. The van der Waals surface area contributed by atoms with Crippen molar-refractivity contribution in [1.82, 2.24) is 19.7 Å². The zero-order chi connectivity index (χ0) is 14.7. The third-order valence-corrected chi connectivity index (χ3v) is 3.19. The Balaban J connectivity index is 1.86. The van der Waals surface area contributed by atoms with Crippen molar-refractivity contribution in [1.29, 1.82) is 0 Å². The fourth-order valence-electron chi connectivity index (χ4n) is 2.09. The summed E-state index contributed by atoms with van der Waals surface area (Å²) in [5, 5.41) is 16.9. The largest absolute Gasteiger partial charge is 0.508 e. The molecule has 2 heterocycles. The van der Waals surface area contributed by atoms with Crippen molar-refractivity contribution in [3.8, 4) is 11.6 Å². The number of aromatic nitrogens is 4. The van der Waals surface area contributed by atoms with Gasteiger partial charge in [0.25, 0.3) is 0 Å². The molecule has 3 rings (SSSR count). The fourth-order valence-corrected chi connectivity index (χ4v) is 2.09. The van der Waals surface area contributed by atoms with E-state index in [4.69, 9.17) is 0 Å². The Morgan fingerprint density at radius 2 is 2.00 bits per heavy atom.